The van der Waals surface area contributed by atoms with Gasteiger partial charge in [0.2, 0.25) is 5.91 Å². The highest BCUT2D eigenvalue weighted by Gasteiger charge is 2.39. The highest BCUT2D eigenvalue weighted by Crippen LogP contribution is 2.27. The predicted octanol–water partition coefficient (Wildman–Crippen LogP) is 0.944. The fourth-order valence-electron chi connectivity index (χ4n) is 3.20. The van der Waals surface area contributed by atoms with Crippen LogP contribution in [0.3, 0.4) is 0 Å². The van der Waals surface area contributed by atoms with Gasteiger partial charge in [0.05, 0.1) is 11.1 Å². The van der Waals surface area contributed by atoms with Crippen LogP contribution in [-0.4, -0.2) is 76.8 Å². The third kappa shape index (κ3) is 3.78. The van der Waals surface area contributed by atoms with Crippen LogP contribution in [0.5, 0.6) is 0 Å². The van der Waals surface area contributed by atoms with Crippen molar-refractivity contribution in [3.8, 4) is 0 Å². The summed E-state index contributed by atoms with van der Waals surface area (Å²) in [5.41, 5.74) is 5.80. The molecule has 4 amide bonds. The van der Waals surface area contributed by atoms with E-state index in [2.05, 4.69) is 0 Å². The number of piperazine rings is 1. The maximum Gasteiger partial charge on any atom is 0.410 e. The lowest BCUT2D eigenvalue weighted by atomic mass is 10.1. The lowest BCUT2D eigenvalue weighted by Crippen LogP contribution is -2.53. The number of carbonyl (C=O) groups is 4. The van der Waals surface area contributed by atoms with Crippen LogP contribution in [0.2, 0.25) is 0 Å². The van der Waals surface area contributed by atoms with Gasteiger partial charge in [0.25, 0.3) is 11.8 Å². The van der Waals surface area contributed by atoms with Crippen molar-refractivity contribution in [2.24, 2.45) is 0 Å². The van der Waals surface area contributed by atoms with Crippen molar-refractivity contribution in [1.29, 1.82) is 0 Å². The lowest BCUT2D eigenvalue weighted by molar-refractivity contribution is -0.133. The average Bonchev–Trinajstić information content (AvgIpc) is 2.86. The van der Waals surface area contributed by atoms with Crippen LogP contribution in [-0.2, 0) is 9.53 Å². The average molecular weight is 388 g/mol. The molecule has 0 radical (unpaired) electrons. The smallest absolute Gasteiger partial charge is 0.410 e. The Hall–Kier alpha value is -3.10. The lowest BCUT2D eigenvalue weighted by Gasteiger charge is -2.36. The van der Waals surface area contributed by atoms with Gasteiger partial charge in [-0.25, -0.2) is 4.79 Å². The second-order valence-corrected chi connectivity index (χ2v) is 7.81. The topological polar surface area (TPSA) is 113 Å². The monoisotopic (exact) mass is 388 g/mol. The minimum atomic E-state index is -0.586. The molecular formula is C19H24N4O5. The largest absolute Gasteiger partial charge is 0.444 e. The van der Waals surface area contributed by atoms with Gasteiger partial charge < -0.3 is 20.3 Å². The Morgan fingerprint density at radius 1 is 1.04 bits per heavy atom. The van der Waals surface area contributed by atoms with Gasteiger partial charge in [0.1, 0.15) is 12.1 Å². The van der Waals surface area contributed by atoms with E-state index in [1.54, 1.807) is 32.9 Å². The molecule has 0 unspecified atom stereocenters. The number of nitrogen functional groups attached to an aromatic ring is 1. The van der Waals surface area contributed by atoms with Crippen molar-refractivity contribution in [1.82, 2.24) is 14.7 Å². The number of rotatable bonds is 2. The number of nitrogens with two attached hydrogens (primary N) is 1. The highest BCUT2D eigenvalue weighted by atomic mass is 16.6. The number of hydrogen-bond acceptors (Lipinski definition) is 6. The molecule has 3 rings (SSSR count). The molecule has 2 aliphatic rings. The van der Waals surface area contributed by atoms with E-state index in [-0.39, 0.29) is 29.3 Å². The number of ether oxygens (including phenoxy) is 1. The zero-order valence-electron chi connectivity index (χ0n) is 16.2. The second kappa shape index (κ2) is 7.14. The number of nitrogens with zero attached hydrogens (tertiary/aromatic N) is 3. The Balaban J connectivity index is 1.59. The van der Waals surface area contributed by atoms with Crippen molar-refractivity contribution >= 4 is 29.5 Å². The SMILES string of the molecule is CC(C)(C)OC(=O)N1CCN(C(=O)CN2C(=O)c3cccc(N)c3C2=O)CC1. The summed E-state index contributed by atoms with van der Waals surface area (Å²) in [4.78, 5) is 53.7. The number of hydrogen-bond donors (Lipinski definition) is 1. The van der Waals surface area contributed by atoms with Gasteiger partial charge in [-0.1, -0.05) is 6.07 Å². The quantitative estimate of drug-likeness (QED) is 0.596. The molecule has 9 heteroatoms. The van der Waals surface area contributed by atoms with Gasteiger partial charge in [-0.15, -0.1) is 0 Å². The molecule has 0 atom stereocenters. The Morgan fingerprint density at radius 2 is 1.64 bits per heavy atom. The second-order valence-electron chi connectivity index (χ2n) is 7.81. The van der Waals surface area contributed by atoms with E-state index in [9.17, 15) is 19.2 Å². The molecule has 0 spiro atoms. The fraction of sp³-hybridized carbons (Fsp3) is 0.474. The summed E-state index contributed by atoms with van der Waals surface area (Å²) in [7, 11) is 0. The molecular weight excluding hydrogens is 364 g/mol. The molecule has 0 aliphatic carbocycles. The number of anilines is 1. The summed E-state index contributed by atoms with van der Waals surface area (Å²) in [5.74, 6) is -1.43. The van der Waals surface area contributed by atoms with E-state index in [0.29, 0.717) is 26.2 Å². The first-order chi connectivity index (χ1) is 13.1. The summed E-state index contributed by atoms with van der Waals surface area (Å²) >= 11 is 0. The molecule has 2 N–H and O–H groups in total. The van der Waals surface area contributed by atoms with E-state index in [1.165, 1.54) is 15.9 Å². The molecule has 1 saturated heterocycles. The molecule has 1 fully saturated rings. The Kier molecular flexibility index (Phi) is 5.01. The Morgan fingerprint density at radius 3 is 2.21 bits per heavy atom. The van der Waals surface area contributed by atoms with Crippen molar-refractivity contribution in [2.75, 3.05) is 38.5 Å². The van der Waals surface area contributed by atoms with Crippen molar-refractivity contribution in [3.05, 3.63) is 29.3 Å². The zero-order valence-corrected chi connectivity index (χ0v) is 16.2. The maximum atomic E-state index is 12.6. The Bertz CT molecular complexity index is 837. The molecule has 0 saturated carbocycles. The first-order valence-electron chi connectivity index (χ1n) is 9.09. The van der Waals surface area contributed by atoms with Gasteiger partial charge in [0, 0.05) is 31.9 Å². The van der Waals surface area contributed by atoms with Gasteiger partial charge in [-0.3, -0.25) is 19.3 Å². The Labute approximate surface area is 163 Å². The van der Waals surface area contributed by atoms with E-state index >= 15 is 0 Å². The maximum absolute atomic E-state index is 12.6. The first kappa shape index (κ1) is 19.7. The van der Waals surface area contributed by atoms with E-state index < -0.39 is 23.5 Å². The zero-order chi connectivity index (χ0) is 20.6. The normalized spacial score (nSPS) is 17.0. The molecule has 2 heterocycles. The summed E-state index contributed by atoms with van der Waals surface area (Å²) in [6.45, 7) is 6.30. The van der Waals surface area contributed by atoms with Gasteiger partial charge in [-0.2, -0.15) is 0 Å². The molecule has 1 aromatic carbocycles. The van der Waals surface area contributed by atoms with Gasteiger partial charge >= 0.3 is 6.09 Å². The summed E-state index contributed by atoms with van der Waals surface area (Å²) in [6.07, 6.45) is -0.421. The number of carbonyl (C=O) groups excluding carboxylic acids is 4. The molecule has 28 heavy (non-hydrogen) atoms. The molecule has 0 bridgehead atoms. The molecule has 9 nitrogen and oxygen atoms in total. The van der Waals surface area contributed by atoms with E-state index in [1.807, 2.05) is 0 Å². The summed E-state index contributed by atoms with van der Waals surface area (Å²) < 4.78 is 5.33. The van der Waals surface area contributed by atoms with Crippen LogP contribution in [0.4, 0.5) is 10.5 Å². The third-order valence-corrected chi connectivity index (χ3v) is 4.61. The van der Waals surface area contributed by atoms with Gasteiger partial charge in [0.15, 0.2) is 0 Å². The fourth-order valence-corrected chi connectivity index (χ4v) is 3.20. The van der Waals surface area contributed by atoms with Crippen LogP contribution < -0.4 is 5.73 Å². The van der Waals surface area contributed by atoms with E-state index in [4.69, 9.17) is 10.5 Å². The number of imide groups is 1. The van der Waals surface area contributed by atoms with E-state index in [0.717, 1.165) is 4.90 Å². The van der Waals surface area contributed by atoms with Crippen molar-refractivity contribution < 1.29 is 23.9 Å². The minimum absolute atomic E-state index is 0.148. The molecule has 0 aromatic heterocycles. The number of benzene rings is 1. The van der Waals surface area contributed by atoms with Crippen molar-refractivity contribution in [3.63, 3.8) is 0 Å². The highest BCUT2D eigenvalue weighted by molar-refractivity contribution is 6.24. The van der Waals surface area contributed by atoms with Crippen LogP contribution >= 0.6 is 0 Å². The number of amides is 4. The molecule has 150 valence electrons. The van der Waals surface area contributed by atoms with Gasteiger partial charge in [-0.05, 0) is 32.9 Å². The van der Waals surface area contributed by atoms with Crippen LogP contribution in [0.25, 0.3) is 0 Å². The summed E-state index contributed by atoms with van der Waals surface area (Å²) in [6, 6.07) is 4.67. The summed E-state index contributed by atoms with van der Waals surface area (Å²) in [5, 5.41) is 0. The van der Waals surface area contributed by atoms with Crippen molar-refractivity contribution in [2.45, 2.75) is 26.4 Å². The van der Waals surface area contributed by atoms with Crippen LogP contribution in [0.15, 0.2) is 18.2 Å². The third-order valence-electron chi connectivity index (χ3n) is 4.61. The minimum Gasteiger partial charge on any atom is -0.444 e. The van der Waals surface area contributed by atoms with Crippen LogP contribution in [0.1, 0.15) is 41.5 Å². The molecule has 1 aromatic rings. The first-order valence-corrected chi connectivity index (χ1v) is 9.09. The standard InChI is InChI=1S/C19H24N4O5/c1-19(2,3)28-18(27)22-9-7-21(8-10-22)14(24)11-23-16(25)12-5-4-6-13(20)15(12)17(23)26/h4-6H,7-11,20H2,1-3H3. The number of fused-ring (bicyclic) bond motifs is 1. The predicted molar refractivity (Wildman–Crippen MR) is 101 cm³/mol. The van der Waals surface area contributed by atoms with Crippen LogP contribution in [0, 0.1) is 0 Å². The molecule has 2 aliphatic heterocycles.